The number of nitrogens with one attached hydrogen (secondary N) is 2. The van der Waals surface area contributed by atoms with E-state index >= 15 is 0 Å². The molecule has 0 aromatic heterocycles. The molecule has 0 fully saturated rings. The van der Waals surface area contributed by atoms with Crippen LogP contribution in [0.2, 0.25) is 0 Å². The minimum absolute atomic E-state index is 0.140. The molecule has 1 aromatic carbocycles. The monoisotopic (exact) mass is 412 g/mol. The van der Waals surface area contributed by atoms with Crippen molar-refractivity contribution in [3.05, 3.63) is 27.1 Å². The maximum Gasteiger partial charge on any atom is 0.232 e. The van der Waals surface area contributed by atoms with Crippen LogP contribution >= 0.6 is 31.9 Å². The molecule has 0 aliphatic heterocycles. The summed E-state index contributed by atoms with van der Waals surface area (Å²) in [5.74, 6) is 0.140. The van der Waals surface area contributed by atoms with Gasteiger partial charge in [0, 0.05) is 8.95 Å². The Morgan fingerprint density at radius 3 is 2.58 bits per heavy atom. The molecule has 0 aliphatic rings. The molecule has 1 rings (SSSR count). The number of rotatable bonds is 8. The van der Waals surface area contributed by atoms with Gasteiger partial charge in [0.2, 0.25) is 10.0 Å². The molecular weight excluding hydrogens is 396 g/mol. The first-order valence-corrected chi connectivity index (χ1v) is 9.34. The molecule has 0 atom stereocenters. The van der Waals surface area contributed by atoms with Crippen molar-refractivity contribution in [2.24, 2.45) is 0 Å². The van der Waals surface area contributed by atoms with Crippen LogP contribution < -0.4 is 10.0 Å². The molecule has 0 saturated heterocycles. The molecule has 7 heteroatoms. The van der Waals surface area contributed by atoms with Crippen molar-refractivity contribution in [3.63, 3.8) is 0 Å². The highest BCUT2D eigenvalue weighted by Crippen LogP contribution is 2.27. The van der Waals surface area contributed by atoms with E-state index in [1.54, 1.807) is 12.1 Å². The van der Waals surface area contributed by atoms with Crippen molar-refractivity contribution in [3.8, 4) is 0 Å². The van der Waals surface area contributed by atoms with Gasteiger partial charge in [0.05, 0.1) is 11.4 Å². The number of halogens is 2. The zero-order valence-electron chi connectivity index (χ0n) is 10.7. The number of hydrogen-bond acceptors (Lipinski definition) is 3. The van der Waals surface area contributed by atoms with Gasteiger partial charge >= 0.3 is 0 Å². The SMILES string of the molecule is CCNCCCCS(=O)(=O)Nc1ccc(Br)cc1Br. The van der Waals surface area contributed by atoms with Gasteiger partial charge in [0.1, 0.15) is 0 Å². The van der Waals surface area contributed by atoms with Crippen molar-refractivity contribution >= 4 is 47.6 Å². The number of sulfonamides is 1. The highest BCUT2D eigenvalue weighted by molar-refractivity contribution is 9.11. The van der Waals surface area contributed by atoms with Crippen molar-refractivity contribution in [1.82, 2.24) is 5.32 Å². The maximum atomic E-state index is 11.9. The van der Waals surface area contributed by atoms with Gasteiger partial charge in [-0.05, 0) is 60.1 Å². The number of unbranched alkanes of at least 4 members (excludes halogenated alkanes) is 1. The summed E-state index contributed by atoms with van der Waals surface area (Å²) in [6.45, 7) is 3.80. The van der Waals surface area contributed by atoms with E-state index in [2.05, 4.69) is 41.9 Å². The van der Waals surface area contributed by atoms with E-state index in [9.17, 15) is 8.42 Å². The van der Waals surface area contributed by atoms with E-state index < -0.39 is 10.0 Å². The predicted molar refractivity (Wildman–Crippen MR) is 87.0 cm³/mol. The lowest BCUT2D eigenvalue weighted by atomic mass is 10.3. The van der Waals surface area contributed by atoms with Crippen LogP contribution in [-0.2, 0) is 10.0 Å². The second-order valence-corrected chi connectivity index (χ2v) is 7.72. The van der Waals surface area contributed by atoms with Crippen molar-refractivity contribution < 1.29 is 8.42 Å². The highest BCUT2D eigenvalue weighted by Gasteiger charge is 2.12. The van der Waals surface area contributed by atoms with Crippen molar-refractivity contribution in [2.45, 2.75) is 19.8 Å². The average Bonchev–Trinajstić information content (AvgIpc) is 2.32. The zero-order valence-corrected chi connectivity index (χ0v) is 14.7. The molecule has 4 nitrogen and oxygen atoms in total. The zero-order chi connectivity index (χ0) is 14.3. The van der Waals surface area contributed by atoms with Crippen LogP contribution in [-0.4, -0.2) is 27.3 Å². The Labute approximate surface area is 131 Å². The minimum Gasteiger partial charge on any atom is -0.317 e. The quantitative estimate of drug-likeness (QED) is 0.642. The summed E-state index contributed by atoms with van der Waals surface area (Å²) in [6, 6.07) is 5.33. The van der Waals surface area contributed by atoms with Crippen LogP contribution in [0, 0.1) is 0 Å². The molecule has 19 heavy (non-hydrogen) atoms. The largest absolute Gasteiger partial charge is 0.317 e. The molecule has 0 heterocycles. The lowest BCUT2D eigenvalue weighted by Gasteiger charge is -2.10. The van der Waals surface area contributed by atoms with E-state index in [4.69, 9.17) is 0 Å². The van der Waals surface area contributed by atoms with Gasteiger partial charge in [-0.1, -0.05) is 22.9 Å². The van der Waals surface area contributed by atoms with E-state index in [0.717, 1.165) is 28.5 Å². The van der Waals surface area contributed by atoms with Gasteiger partial charge < -0.3 is 5.32 Å². The van der Waals surface area contributed by atoms with E-state index in [-0.39, 0.29) is 5.75 Å². The van der Waals surface area contributed by atoms with Gasteiger partial charge in [0.15, 0.2) is 0 Å². The second-order valence-electron chi connectivity index (χ2n) is 4.11. The Kier molecular flexibility index (Phi) is 7.35. The predicted octanol–water partition coefficient (Wildman–Crippen LogP) is 3.34. The molecule has 0 saturated carbocycles. The van der Waals surface area contributed by atoms with E-state index in [1.165, 1.54) is 0 Å². The van der Waals surface area contributed by atoms with Crippen LogP contribution in [0.5, 0.6) is 0 Å². The van der Waals surface area contributed by atoms with Gasteiger partial charge in [-0.25, -0.2) is 8.42 Å². The fourth-order valence-corrected chi connectivity index (χ4v) is 3.99. The Morgan fingerprint density at radius 2 is 1.95 bits per heavy atom. The molecule has 0 bridgehead atoms. The molecule has 108 valence electrons. The standard InChI is InChI=1S/C12H18Br2N2O2S/c1-2-15-7-3-4-8-19(17,18)16-12-6-5-10(13)9-11(12)14/h5-6,9,15-16H,2-4,7-8H2,1H3. The van der Waals surface area contributed by atoms with Crippen molar-refractivity contribution in [1.29, 1.82) is 0 Å². The van der Waals surface area contributed by atoms with E-state index in [0.29, 0.717) is 12.1 Å². The topological polar surface area (TPSA) is 58.2 Å². The fraction of sp³-hybridized carbons (Fsp3) is 0.500. The lowest BCUT2D eigenvalue weighted by molar-refractivity contribution is 0.593. The van der Waals surface area contributed by atoms with Crippen molar-refractivity contribution in [2.75, 3.05) is 23.6 Å². The average molecular weight is 414 g/mol. The van der Waals surface area contributed by atoms with Gasteiger partial charge in [0.25, 0.3) is 0 Å². The third-order valence-corrected chi connectivity index (χ3v) is 4.97. The molecule has 0 unspecified atom stereocenters. The Balaban J connectivity index is 2.50. The molecule has 1 aromatic rings. The Morgan fingerprint density at radius 1 is 1.21 bits per heavy atom. The second kappa shape index (κ2) is 8.24. The summed E-state index contributed by atoms with van der Waals surface area (Å²) in [5.41, 5.74) is 0.565. The summed E-state index contributed by atoms with van der Waals surface area (Å²) >= 11 is 6.66. The summed E-state index contributed by atoms with van der Waals surface area (Å²) in [6.07, 6.45) is 1.51. The first kappa shape index (κ1) is 16.9. The summed E-state index contributed by atoms with van der Waals surface area (Å²) in [4.78, 5) is 0. The molecule has 0 amide bonds. The molecule has 0 aliphatic carbocycles. The minimum atomic E-state index is -3.28. The smallest absolute Gasteiger partial charge is 0.232 e. The molecular formula is C12H18Br2N2O2S. The maximum absolute atomic E-state index is 11.9. The number of benzene rings is 1. The summed E-state index contributed by atoms with van der Waals surface area (Å²) in [7, 11) is -3.28. The third-order valence-electron chi connectivity index (χ3n) is 2.46. The molecule has 2 N–H and O–H groups in total. The molecule has 0 spiro atoms. The summed E-state index contributed by atoms with van der Waals surface area (Å²) in [5, 5.41) is 3.17. The fourth-order valence-electron chi connectivity index (χ4n) is 1.51. The number of anilines is 1. The van der Waals surface area contributed by atoms with Crippen LogP contribution in [0.3, 0.4) is 0 Å². The van der Waals surface area contributed by atoms with Crippen LogP contribution in [0.4, 0.5) is 5.69 Å². The molecule has 0 radical (unpaired) electrons. The first-order valence-electron chi connectivity index (χ1n) is 6.11. The van der Waals surface area contributed by atoms with Gasteiger partial charge in [-0.2, -0.15) is 0 Å². The number of hydrogen-bond donors (Lipinski definition) is 2. The van der Waals surface area contributed by atoms with Gasteiger partial charge in [-0.15, -0.1) is 0 Å². The van der Waals surface area contributed by atoms with Crippen LogP contribution in [0.15, 0.2) is 27.1 Å². The Hall–Kier alpha value is -0.110. The lowest BCUT2D eigenvalue weighted by Crippen LogP contribution is -2.19. The summed E-state index contributed by atoms with van der Waals surface area (Å²) < 4.78 is 28.0. The van der Waals surface area contributed by atoms with Crippen LogP contribution in [0.25, 0.3) is 0 Å². The first-order chi connectivity index (χ1) is 8.94. The van der Waals surface area contributed by atoms with Gasteiger partial charge in [-0.3, -0.25) is 4.72 Å². The van der Waals surface area contributed by atoms with Crippen LogP contribution in [0.1, 0.15) is 19.8 Å². The Bertz CT molecular complexity index is 506. The van der Waals surface area contributed by atoms with E-state index in [1.807, 2.05) is 13.0 Å². The normalized spacial score (nSPS) is 11.5. The highest BCUT2D eigenvalue weighted by atomic mass is 79.9. The third kappa shape index (κ3) is 6.74.